The van der Waals surface area contributed by atoms with Crippen LogP contribution in [0.25, 0.3) is 117 Å². The summed E-state index contributed by atoms with van der Waals surface area (Å²) >= 11 is 0. The maximum Gasteiger partial charge on any atom is 0.150 e. The molecule has 0 bridgehead atoms. The number of benzene rings is 7. The van der Waals surface area contributed by atoms with Crippen LogP contribution < -0.4 is 27.4 Å². The first-order valence-electron chi connectivity index (χ1n) is 41.8. The number of nitrogens with zero attached hydrogens (tertiary/aromatic N) is 17. The quantitative estimate of drug-likeness (QED) is 0.0792. The van der Waals surface area contributed by atoms with Gasteiger partial charge in [0.2, 0.25) is 0 Å². The minimum atomic E-state index is -0.190. The van der Waals surface area contributed by atoms with Crippen LogP contribution in [-0.2, 0) is 0 Å². The van der Waals surface area contributed by atoms with Crippen LogP contribution in [-0.4, -0.2) is 181 Å². The van der Waals surface area contributed by atoms with E-state index in [-0.39, 0.29) is 5.82 Å². The fraction of sp³-hybridized carbons (Fsp3) is 0.281. The Morgan fingerprint density at radius 3 is 1.14 bits per heavy atom. The van der Waals surface area contributed by atoms with Gasteiger partial charge in [0, 0.05) is 187 Å². The summed E-state index contributed by atoms with van der Waals surface area (Å²) in [5, 5.41) is 6.74. The van der Waals surface area contributed by atoms with Crippen LogP contribution >= 0.6 is 0 Å². The van der Waals surface area contributed by atoms with Crippen molar-refractivity contribution in [3.8, 4) is 67.5 Å². The van der Waals surface area contributed by atoms with Crippen molar-refractivity contribution in [3.05, 3.63) is 267 Å². The zero-order valence-electron chi connectivity index (χ0n) is 66.6. The highest BCUT2D eigenvalue weighted by molar-refractivity contribution is 5.95. The molecule has 0 spiro atoms. The highest BCUT2D eigenvalue weighted by Gasteiger charge is 2.42. The van der Waals surface area contributed by atoms with Crippen molar-refractivity contribution in [1.82, 2.24) is 83.0 Å². The lowest BCUT2D eigenvalue weighted by molar-refractivity contribution is 0.0571. The molecule has 21 nitrogen and oxygen atoms in total. The molecule has 22 rings (SSSR count). The number of piperazine rings is 2. The van der Waals surface area contributed by atoms with Gasteiger partial charge in [0.05, 0.1) is 33.6 Å². The van der Waals surface area contributed by atoms with E-state index in [1.54, 1.807) is 30.7 Å². The lowest BCUT2D eigenvalue weighted by Crippen LogP contribution is -2.53. The van der Waals surface area contributed by atoms with Crippen LogP contribution in [0.4, 0.5) is 27.5 Å². The maximum absolute atomic E-state index is 13.4. The molecule has 22 heteroatoms. The Bertz CT molecular complexity index is 6310. The number of imidazole rings is 3. The molecule has 118 heavy (non-hydrogen) atoms. The number of fused-ring (bicyclic) bond motifs is 6. The van der Waals surface area contributed by atoms with Gasteiger partial charge in [-0.3, -0.25) is 23.0 Å². The Kier molecular flexibility index (Phi) is 20.1. The Morgan fingerprint density at radius 2 is 0.746 bits per heavy atom. The van der Waals surface area contributed by atoms with Gasteiger partial charge in [0.1, 0.15) is 74.4 Å². The van der Waals surface area contributed by atoms with Gasteiger partial charge in [-0.1, -0.05) is 146 Å². The minimum Gasteiger partial charge on any atom is -0.382 e. The van der Waals surface area contributed by atoms with Gasteiger partial charge >= 0.3 is 0 Å². The van der Waals surface area contributed by atoms with E-state index in [1.807, 2.05) is 85.3 Å². The average Bonchev–Trinajstić information content (AvgIpc) is 1.60. The lowest BCUT2D eigenvalue weighted by Gasteiger charge is -2.46. The van der Waals surface area contributed by atoms with Crippen molar-refractivity contribution in [2.24, 2.45) is 0 Å². The van der Waals surface area contributed by atoms with Crippen molar-refractivity contribution < 1.29 is 4.39 Å². The second-order valence-electron chi connectivity index (χ2n) is 32.9. The third kappa shape index (κ3) is 14.6. The number of aromatic nitrogens is 12. The molecule has 3 saturated carbocycles. The number of piperidine rings is 1. The zero-order valence-corrected chi connectivity index (χ0v) is 66.6. The summed E-state index contributed by atoms with van der Waals surface area (Å²) < 4.78 is 19.8. The van der Waals surface area contributed by atoms with E-state index < -0.39 is 0 Å². The summed E-state index contributed by atoms with van der Waals surface area (Å²) in [5.41, 5.74) is 37.7. The largest absolute Gasteiger partial charge is 0.382 e. The first-order valence-corrected chi connectivity index (χ1v) is 41.8. The number of halogens is 1. The molecule has 12 heterocycles. The number of nitrogen functional groups attached to an aromatic ring is 3. The molecular formula is C96H96FN21. The van der Waals surface area contributed by atoms with Crippen molar-refractivity contribution in [2.45, 2.75) is 93.3 Å². The smallest absolute Gasteiger partial charge is 0.150 e. The van der Waals surface area contributed by atoms with Gasteiger partial charge in [-0.05, 0) is 139 Å². The van der Waals surface area contributed by atoms with E-state index in [1.165, 1.54) is 25.9 Å². The van der Waals surface area contributed by atoms with Crippen LogP contribution in [0, 0.1) is 5.82 Å². The SMILES string of the molecule is CN1CCC(N(C)C2CC(c3nc(-c4ccc5ccc(-c6ccccc6)nc5c4)c4c(N)nccn34)C2)CC1.Nc1nccn2c(C3CC(N4CCN(c5ccc(F)cc5)CC4)C3)nc(-c3ccc4ccc(-c5ccccc5)nc4c3)c12.Nc1nccn2c(C3CC(N4CCNCC4)C3)nc(-c3ccc4ccc(-c5ccccc5)nc4c3)c12. The fourth-order valence-electron chi connectivity index (χ4n) is 18.9. The monoisotopic (exact) mass is 1560 g/mol. The van der Waals surface area contributed by atoms with Crippen LogP contribution in [0.1, 0.15) is 86.6 Å². The Morgan fingerprint density at radius 1 is 0.381 bits per heavy atom. The highest BCUT2D eigenvalue weighted by atomic mass is 19.1. The summed E-state index contributed by atoms with van der Waals surface area (Å²) in [7, 11) is 4.55. The molecule has 0 atom stereocenters. The number of pyridine rings is 3. The predicted octanol–water partition coefficient (Wildman–Crippen LogP) is 16.2. The molecule has 6 fully saturated rings. The van der Waals surface area contributed by atoms with Crippen molar-refractivity contribution in [1.29, 1.82) is 0 Å². The summed E-state index contributed by atoms with van der Waals surface area (Å²) in [6, 6.07) is 71.8. The summed E-state index contributed by atoms with van der Waals surface area (Å²) in [6.45, 7) is 10.7. The van der Waals surface area contributed by atoms with E-state index in [4.69, 9.17) is 47.1 Å². The van der Waals surface area contributed by atoms with Gasteiger partial charge in [-0.2, -0.15) is 0 Å². The highest BCUT2D eigenvalue weighted by Crippen LogP contribution is 2.47. The molecule has 592 valence electrons. The summed E-state index contributed by atoms with van der Waals surface area (Å²) in [4.78, 5) is 56.5. The number of rotatable bonds is 14. The third-order valence-corrected chi connectivity index (χ3v) is 25.9. The van der Waals surface area contributed by atoms with Crippen molar-refractivity contribution in [2.75, 3.05) is 102 Å². The van der Waals surface area contributed by atoms with E-state index in [9.17, 15) is 4.39 Å². The van der Waals surface area contributed by atoms with Crippen LogP contribution in [0.15, 0.2) is 243 Å². The first kappa shape index (κ1) is 74.4. The van der Waals surface area contributed by atoms with Gasteiger partial charge < -0.3 is 37.2 Å². The third-order valence-electron chi connectivity index (χ3n) is 25.9. The zero-order chi connectivity index (χ0) is 79.5. The molecular weight excluding hydrogens is 1470 g/mol. The molecule has 7 N–H and O–H groups in total. The number of likely N-dealkylation sites (tertiary alicyclic amines) is 1. The van der Waals surface area contributed by atoms with Crippen molar-refractivity contribution in [3.63, 3.8) is 0 Å². The number of anilines is 4. The fourth-order valence-corrected chi connectivity index (χ4v) is 18.9. The normalized spacial score (nSPS) is 20.1. The van der Waals surface area contributed by atoms with Crippen molar-refractivity contribution >= 4 is 72.4 Å². The van der Waals surface area contributed by atoms with Gasteiger partial charge in [-0.25, -0.2) is 49.2 Å². The molecule has 7 aromatic carbocycles. The van der Waals surface area contributed by atoms with Gasteiger partial charge in [0.15, 0.2) is 0 Å². The maximum atomic E-state index is 13.4. The molecule has 0 radical (unpaired) electrons. The van der Waals surface area contributed by atoms with Crippen LogP contribution in [0.3, 0.4) is 0 Å². The average molecular weight is 1560 g/mol. The standard InChI is InChI=1S/C35H32FN7.C32H35N7.C29H29N7/c36-27-9-11-28(12-10-27)41-16-18-42(19-17-41)29-20-26(21-29)35-40-32(33-34(37)38-14-15-43(33)35)25-7-6-24-8-13-30(39-31(24)22-25)23-4-2-1-3-5-23;1-37-15-12-25(13-16-37)38(2)26-18-24(19-26)32-36-29(30-31(33)34-14-17-39(30)32)23-9-8-22-10-11-27(35-28(22)20-23)21-6-4-3-5-7-21;30-28-27-26(21-7-6-20-8-9-24(33-25(20)18-21)19-4-2-1-3-5-19)34-29(36(27)15-12-32-28)22-16-23(17-22)35-13-10-31-11-14-35/h1-15,22,26,29H,16-21H2,(H2,37,38);3-11,14,17,20,24-26H,12-13,15-16,18-19H2,1-2H3,(H2,33,34);1-9,12,15,18,22-23,31H,10-11,13-14,16-17H2,(H2,30,32). The predicted molar refractivity (Wildman–Crippen MR) is 471 cm³/mol. The molecule has 3 aliphatic carbocycles. The van der Waals surface area contributed by atoms with Gasteiger partial charge in [0.25, 0.3) is 0 Å². The van der Waals surface area contributed by atoms with E-state index in [0.29, 0.717) is 59.4 Å². The Hall–Kier alpha value is -12.4. The number of nitrogens with one attached hydrogen (secondary N) is 1. The topological polar surface area (TPSA) is 236 Å². The van der Waals surface area contributed by atoms with Gasteiger partial charge in [-0.15, -0.1) is 0 Å². The number of hydrogen-bond donors (Lipinski definition) is 4. The van der Waals surface area contributed by atoms with Crippen LogP contribution in [0.2, 0.25) is 0 Å². The van der Waals surface area contributed by atoms with E-state index in [0.717, 1.165) is 231 Å². The number of nitrogens with two attached hydrogens (primary N) is 3. The summed E-state index contributed by atoms with van der Waals surface area (Å²) in [5.74, 6) is 5.73. The van der Waals surface area contributed by atoms with Crippen LogP contribution in [0.5, 0.6) is 0 Å². The molecule has 6 aliphatic rings. The first-order chi connectivity index (χ1) is 57.9. The second-order valence-corrected chi connectivity index (χ2v) is 32.9. The molecule has 3 saturated heterocycles. The molecule has 3 aliphatic heterocycles. The second kappa shape index (κ2) is 31.9. The number of hydrogen-bond acceptors (Lipinski definition) is 18. The lowest BCUT2D eigenvalue weighted by atomic mass is 9.78. The van der Waals surface area contributed by atoms with E-state index in [2.05, 4.69) is 199 Å². The molecule has 9 aromatic heterocycles. The van der Waals surface area contributed by atoms with E-state index >= 15 is 0 Å². The molecule has 0 amide bonds. The molecule has 0 unspecified atom stereocenters. The summed E-state index contributed by atoms with van der Waals surface area (Å²) in [6.07, 6.45) is 20.5. The minimum absolute atomic E-state index is 0.190. The molecule has 16 aromatic rings. The Balaban J connectivity index is 0.000000114. The Labute approximate surface area is 685 Å².